The molecule has 7 nitrogen and oxygen atoms in total. The Morgan fingerprint density at radius 2 is 2.60 bits per heavy atom. The number of carbonyl (C=O) groups excluding carboxylic acids is 1. The van der Waals surface area contributed by atoms with Gasteiger partial charge in [-0.05, 0) is 0 Å². The molecular weight excluding hydrogens is 200 g/mol. The molecule has 1 aliphatic heterocycles. The van der Waals surface area contributed by atoms with Gasteiger partial charge in [0.1, 0.15) is 0 Å². The summed E-state index contributed by atoms with van der Waals surface area (Å²) in [5, 5.41) is 12.3. The molecule has 1 atom stereocenters. The van der Waals surface area contributed by atoms with E-state index in [1.807, 2.05) is 0 Å². The number of amides is 1. The van der Waals surface area contributed by atoms with Crippen molar-refractivity contribution in [2.45, 2.75) is 6.10 Å². The third-order valence-corrected chi connectivity index (χ3v) is 2.02. The summed E-state index contributed by atoms with van der Waals surface area (Å²) in [5.74, 6) is -0.266. The van der Waals surface area contributed by atoms with Crippen molar-refractivity contribution in [1.82, 2.24) is 20.7 Å². The topological polar surface area (TPSA) is 89.1 Å². The number of carbonyl (C=O) groups is 1. The van der Waals surface area contributed by atoms with Gasteiger partial charge < -0.3 is 14.8 Å². The molecule has 82 valence electrons. The van der Waals surface area contributed by atoms with Crippen LogP contribution in [0.5, 0.6) is 0 Å². The summed E-state index contributed by atoms with van der Waals surface area (Å²) < 4.78 is 10.6. The van der Waals surface area contributed by atoms with Crippen LogP contribution in [0.3, 0.4) is 0 Å². The second kappa shape index (κ2) is 4.85. The molecule has 15 heavy (non-hydrogen) atoms. The van der Waals surface area contributed by atoms with Crippen LogP contribution < -0.4 is 5.32 Å². The maximum Gasteiger partial charge on any atom is 0.273 e. The van der Waals surface area contributed by atoms with E-state index in [-0.39, 0.29) is 17.7 Å². The average molecular weight is 212 g/mol. The molecule has 0 spiro atoms. The Morgan fingerprint density at radius 3 is 3.27 bits per heavy atom. The van der Waals surface area contributed by atoms with E-state index in [0.29, 0.717) is 26.4 Å². The molecule has 0 aliphatic carbocycles. The predicted octanol–water partition coefficient (Wildman–Crippen LogP) is -1.05. The first kappa shape index (κ1) is 10.1. The number of hydrogen-bond donors (Lipinski definition) is 2. The van der Waals surface area contributed by atoms with Gasteiger partial charge in [0, 0.05) is 6.54 Å². The summed E-state index contributed by atoms with van der Waals surface area (Å²) in [6, 6.07) is 0. The molecule has 0 unspecified atom stereocenters. The van der Waals surface area contributed by atoms with Gasteiger partial charge in [-0.25, -0.2) is 0 Å². The molecule has 1 aliphatic rings. The highest BCUT2D eigenvalue weighted by Crippen LogP contribution is 1.99. The van der Waals surface area contributed by atoms with E-state index in [0.717, 1.165) is 0 Å². The number of ether oxygens (including phenoxy) is 2. The van der Waals surface area contributed by atoms with Crippen LogP contribution in [0.25, 0.3) is 0 Å². The Labute approximate surface area is 86.1 Å². The minimum Gasteiger partial charge on any atom is -0.376 e. The molecule has 1 aromatic rings. The standard InChI is InChI=1S/C8H12N4O3/c13-8(7-4-10-12-11-7)9-3-6-5-14-1-2-15-6/h4,6H,1-3,5H2,(H,9,13)(H,10,11,12)/t6-/m1/s1. The molecule has 2 rings (SSSR count). The molecule has 1 saturated heterocycles. The lowest BCUT2D eigenvalue weighted by atomic mass is 10.3. The lowest BCUT2D eigenvalue weighted by Gasteiger charge is -2.22. The third-order valence-electron chi connectivity index (χ3n) is 2.02. The molecule has 1 fully saturated rings. The fraction of sp³-hybridized carbons (Fsp3) is 0.625. The van der Waals surface area contributed by atoms with Gasteiger partial charge in [0.05, 0.1) is 32.1 Å². The molecule has 0 aromatic carbocycles. The number of aromatic amines is 1. The number of rotatable bonds is 3. The second-order valence-corrected chi connectivity index (χ2v) is 3.13. The monoisotopic (exact) mass is 212 g/mol. The molecule has 0 bridgehead atoms. The second-order valence-electron chi connectivity index (χ2n) is 3.13. The van der Waals surface area contributed by atoms with Crippen molar-refractivity contribution in [3.63, 3.8) is 0 Å². The van der Waals surface area contributed by atoms with Crippen molar-refractivity contribution < 1.29 is 14.3 Å². The van der Waals surface area contributed by atoms with Crippen LogP contribution in [0.4, 0.5) is 0 Å². The Bertz CT molecular complexity index is 308. The minimum atomic E-state index is -0.266. The van der Waals surface area contributed by atoms with Crippen LogP contribution in [0, 0.1) is 0 Å². The molecular formula is C8H12N4O3. The fourth-order valence-electron chi connectivity index (χ4n) is 1.26. The quantitative estimate of drug-likeness (QED) is 0.667. The number of nitrogens with zero attached hydrogens (tertiary/aromatic N) is 2. The molecule has 1 aromatic heterocycles. The molecule has 7 heteroatoms. The number of aromatic nitrogens is 3. The van der Waals surface area contributed by atoms with Gasteiger partial charge in [0.2, 0.25) is 0 Å². The molecule has 1 amide bonds. The lowest BCUT2D eigenvalue weighted by molar-refractivity contribution is -0.0855. The maximum atomic E-state index is 11.4. The van der Waals surface area contributed by atoms with Crippen LogP contribution in [0.1, 0.15) is 10.5 Å². The summed E-state index contributed by atoms with van der Waals surface area (Å²) in [6.07, 6.45) is 1.29. The maximum absolute atomic E-state index is 11.4. The summed E-state index contributed by atoms with van der Waals surface area (Å²) in [5.41, 5.74) is 0.270. The SMILES string of the molecule is O=C(NC[C@@H]1COCCO1)c1cn[nH]n1. The van der Waals surface area contributed by atoms with Crippen molar-refractivity contribution in [2.75, 3.05) is 26.4 Å². The summed E-state index contributed by atoms with van der Waals surface area (Å²) in [4.78, 5) is 11.4. The van der Waals surface area contributed by atoms with Crippen molar-refractivity contribution in [2.24, 2.45) is 0 Å². The highest BCUT2D eigenvalue weighted by molar-refractivity contribution is 5.91. The van der Waals surface area contributed by atoms with Gasteiger partial charge in [-0.2, -0.15) is 15.4 Å². The molecule has 2 heterocycles. The summed E-state index contributed by atoms with van der Waals surface area (Å²) in [6.45, 7) is 2.13. The Hall–Kier alpha value is -1.47. The van der Waals surface area contributed by atoms with Crippen LogP contribution in [-0.2, 0) is 9.47 Å². The third kappa shape index (κ3) is 2.74. The van der Waals surface area contributed by atoms with Gasteiger partial charge in [0.25, 0.3) is 5.91 Å². The predicted molar refractivity (Wildman–Crippen MR) is 49.3 cm³/mol. The van der Waals surface area contributed by atoms with Gasteiger partial charge in [0.15, 0.2) is 5.69 Å². The first-order valence-electron chi connectivity index (χ1n) is 4.69. The highest BCUT2D eigenvalue weighted by Gasteiger charge is 2.16. The molecule has 0 radical (unpaired) electrons. The largest absolute Gasteiger partial charge is 0.376 e. The Kier molecular flexibility index (Phi) is 3.25. The molecule has 2 N–H and O–H groups in total. The minimum absolute atomic E-state index is 0.0744. The zero-order valence-corrected chi connectivity index (χ0v) is 8.10. The fourth-order valence-corrected chi connectivity index (χ4v) is 1.26. The smallest absolute Gasteiger partial charge is 0.273 e. The van der Waals surface area contributed by atoms with Crippen LogP contribution in [0.2, 0.25) is 0 Å². The Morgan fingerprint density at radius 1 is 1.67 bits per heavy atom. The highest BCUT2D eigenvalue weighted by atomic mass is 16.6. The molecule has 0 saturated carbocycles. The normalized spacial score (nSPS) is 21.2. The van der Waals surface area contributed by atoms with E-state index in [2.05, 4.69) is 20.7 Å². The number of hydrogen-bond acceptors (Lipinski definition) is 5. The van der Waals surface area contributed by atoms with Crippen molar-refractivity contribution in [1.29, 1.82) is 0 Å². The van der Waals surface area contributed by atoms with Crippen molar-refractivity contribution in [3.05, 3.63) is 11.9 Å². The van der Waals surface area contributed by atoms with E-state index >= 15 is 0 Å². The summed E-state index contributed by atoms with van der Waals surface area (Å²) in [7, 11) is 0. The number of H-pyrrole nitrogens is 1. The van der Waals surface area contributed by atoms with E-state index in [4.69, 9.17) is 9.47 Å². The van der Waals surface area contributed by atoms with Crippen molar-refractivity contribution >= 4 is 5.91 Å². The van der Waals surface area contributed by atoms with Gasteiger partial charge in [-0.15, -0.1) is 0 Å². The average Bonchev–Trinajstić information content (AvgIpc) is 2.81. The van der Waals surface area contributed by atoms with Crippen LogP contribution in [-0.4, -0.2) is 53.8 Å². The first-order chi connectivity index (χ1) is 7.36. The lowest BCUT2D eigenvalue weighted by Crippen LogP contribution is -2.39. The van der Waals surface area contributed by atoms with E-state index < -0.39 is 0 Å². The zero-order chi connectivity index (χ0) is 10.5. The van der Waals surface area contributed by atoms with Gasteiger partial charge in [-0.3, -0.25) is 4.79 Å². The zero-order valence-electron chi connectivity index (χ0n) is 8.10. The summed E-state index contributed by atoms with van der Waals surface area (Å²) >= 11 is 0. The van der Waals surface area contributed by atoms with E-state index in [1.54, 1.807) is 0 Å². The first-order valence-corrected chi connectivity index (χ1v) is 4.69. The van der Waals surface area contributed by atoms with Crippen LogP contribution >= 0.6 is 0 Å². The van der Waals surface area contributed by atoms with E-state index in [9.17, 15) is 4.79 Å². The van der Waals surface area contributed by atoms with Crippen molar-refractivity contribution in [3.8, 4) is 0 Å². The Balaban J connectivity index is 1.75. The van der Waals surface area contributed by atoms with Gasteiger partial charge >= 0.3 is 0 Å². The van der Waals surface area contributed by atoms with Crippen LogP contribution in [0.15, 0.2) is 6.20 Å². The number of nitrogens with one attached hydrogen (secondary N) is 2. The van der Waals surface area contributed by atoms with E-state index in [1.165, 1.54) is 6.20 Å². The van der Waals surface area contributed by atoms with Gasteiger partial charge in [-0.1, -0.05) is 0 Å².